The molecule has 0 bridgehead atoms. The zero-order valence-corrected chi connectivity index (χ0v) is 16.3. The van der Waals surface area contributed by atoms with E-state index in [1.54, 1.807) is 0 Å². The Hall–Kier alpha value is -3.42. The Labute approximate surface area is 170 Å². The molecule has 5 rings (SSSR count). The summed E-state index contributed by atoms with van der Waals surface area (Å²) in [4.78, 5) is 0. The molecule has 140 valence electrons. The lowest BCUT2D eigenvalue weighted by atomic mass is 9.89. The Kier molecular flexibility index (Phi) is 4.38. The van der Waals surface area contributed by atoms with Crippen LogP contribution in [-0.4, -0.2) is 5.11 Å². The molecule has 0 unspecified atom stereocenters. The molecule has 1 heteroatoms. The molecule has 0 aromatic heterocycles. The average Bonchev–Trinajstić information content (AvgIpc) is 2.78. The third-order valence-corrected chi connectivity index (χ3v) is 5.68. The Bertz CT molecular complexity index is 1320. The van der Waals surface area contributed by atoms with E-state index < -0.39 is 6.10 Å². The van der Waals surface area contributed by atoms with Crippen molar-refractivity contribution in [3.05, 3.63) is 109 Å². The van der Waals surface area contributed by atoms with Crippen LogP contribution in [0.4, 0.5) is 0 Å². The van der Waals surface area contributed by atoms with Crippen molar-refractivity contribution in [3.63, 3.8) is 0 Å². The Morgan fingerprint density at radius 2 is 1.10 bits per heavy atom. The molecule has 0 heterocycles. The normalized spacial score (nSPS) is 12.3. The van der Waals surface area contributed by atoms with Crippen LogP contribution in [0.3, 0.4) is 0 Å². The van der Waals surface area contributed by atoms with E-state index in [1.807, 2.05) is 6.92 Å². The van der Waals surface area contributed by atoms with Crippen molar-refractivity contribution in [2.45, 2.75) is 13.0 Å². The predicted octanol–water partition coefficient (Wildman–Crippen LogP) is 7.38. The molecule has 0 amide bonds. The Balaban J connectivity index is 1.79. The SMILES string of the molecule is C[C@H](O)c1ccc(-c2cccc3ccccc23)cc1-c1cccc2ccccc12. The summed E-state index contributed by atoms with van der Waals surface area (Å²) in [5, 5.41) is 15.3. The van der Waals surface area contributed by atoms with E-state index in [2.05, 4.69) is 103 Å². The highest BCUT2D eigenvalue weighted by Crippen LogP contribution is 2.38. The molecule has 0 fully saturated rings. The summed E-state index contributed by atoms with van der Waals surface area (Å²) in [5.41, 5.74) is 5.56. The first-order valence-corrected chi connectivity index (χ1v) is 10.0. The van der Waals surface area contributed by atoms with Crippen LogP contribution in [0.25, 0.3) is 43.8 Å². The molecule has 1 atom stereocenters. The van der Waals surface area contributed by atoms with Crippen molar-refractivity contribution in [2.75, 3.05) is 0 Å². The van der Waals surface area contributed by atoms with E-state index in [9.17, 15) is 5.11 Å². The van der Waals surface area contributed by atoms with Gasteiger partial charge in [0.1, 0.15) is 0 Å². The number of hydrogen-bond acceptors (Lipinski definition) is 1. The predicted molar refractivity (Wildman–Crippen MR) is 123 cm³/mol. The van der Waals surface area contributed by atoms with Gasteiger partial charge in [0.15, 0.2) is 0 Å². The lowest BCUT2D eigenvalue weighted by Gasteiger charge is -2.17. The van der Waals surface area contributed by atoms with Crippen molar-refractivity contribution in [2.24, 2.45) is 0 Å². The summed E-state index contributed by atoms with van der Waals surface area (Å²) in [6.07, 6.45) is -0.537. The second-order valence-corrected chi connectivity index (χ2v) is 7.53. The maximum atomic E-state index is 10.5. The molecule has 1 N–H and O–H groups in total. The highest BCUT2D eigenvalue weighted by atomic mass is 16.3. The fourth-order valence-corrected chi connectivity index (χ4v) is 4.26. The van der Waals surface area contributed by atoms with Crippen molar-refractivity contribution < 1.29 is 5.11 Å². The zero-order chi connectivity index (χ0) is 19.8. The van der Waals surface area contributed by atoms with Crippen LogP contribution in [0.1, 0.15) is 18.6 Å². The van der Waals surface area contributed by atoms with Crippen LogP contribution in [0, 0.1) is 0 Å². The quantitative estimate of drug-likeness (QED) is 0.349. The van der Waals surface area contributed by atoms with Crippen LogP contribution < -0.4 is 0 Å². The van der Waals surface area contributed by atoms with Gasteiger partial charge >= 0.3 is 0 Å². The van der Waals surface area contributed by atoms with Gasteiger partial charge in [0.25, 0.3) is 0 Å². The molecular formula is C28H22O. The first kappa shape index (κ1) is 17.7. The van der Waals surface area contributed by atoms with Gasteiger partial charge in [-0.05, 0) is 62.4 Å². The van der Waals surface area contributed by atoms with Crippen molar-refractivity contribution in [3.8, 4) is 22.3 Å². The molecular weight excluding hydrogens is 352 g/mol. The number of rotatable bonds is 3. The van der Waals surface area contributed by atoms with Gasteiger partial charge in [-0.25, -0.2) is 0 Å². The lowest BCUT2D eigenvalue weighted by Crippen LogP contribution is -1.96. The molecule has 1 nitrogen and oxygen atoms in total. The molecule has 5 aromatic carbocycles. The summed E-state index contributed by atoms with van der Waals surface area (Å²) in [5.74, 6) is 0. The molecule has 0 saturated carbocycles. The van der Waals surface area contributed by atoms with Crippen LogP contribution in [-0.2, 0) is 0 Å². The topological polar surface area (TPSA) is 20.2 Å². The van der Waals surface area contributed by atoms with Gasteiger partial charge < -0.3 is 5.11 Å². The monoisotopic (exact) mass is 374 g/mol. The van der Waals surface area contributed by atoms with Crippen LogP contribution in [0.2, 0.25) is 0 Å². The van der Waals surface area contributed by atoms with E-state index in [0.29, 0.717) is 0 Å². The first-order chi connectivity index (χ1) is 14.2. The standard InChI is InChI=1S/C28H22O/c1-19(29)23-17-16-22(26-14-6-10-20-8-2-4-12-24(20)26)18-28(23)27-15-7-11-21-9-3-5-13-25(21)27/h2-19,29H,1H3/t19-/m0/s1. The largest absolute Gasteiger partial charge is 0.389 e. The first-order valence-electron chi connectivity index (χ1n) is 10.0. The zero-order valence-electron chi connectivity index (χ0n) is 16.3. The smallest absolute Gasteiger partial charge is 0.0767 e. The van der Waals surface area contributed by atoms with E-state index in [-0.39, 0.29) is 0 Å². The van der Waals surface area contributed by atoms with Crippen LogP contribution in [0.5, 0.6) is 0 Å². The van der Waals surface area contributed by atoms with Crippen molar-refractivity contribution in [1.82, 2.24) is 0 Å². The minimum absolute atomic E-state index is 0.537. The van der Waals surface area contributed by atoms with E-state index in [4.69, 9.17) is 0 Å². The van der Waals surface area contributed by atoms with E-state index >= 15 is 0 Å². The Morgan fingerprint density at radius 1 is 0.552 bits per heavy atom. The number of aliphatic hydroxyl groups is 1. The highest BCUT2D eigenvalue weighted by Gasteiger charge is 2.14. The molecule has 5 aromatic rings. The third kappa shape index (κ3) is 3.10. The molecule has 0 saturated heterocycles. The third-order valence-electron chi connectivity index (χ3n) is 5.68. The van der Waals surface area contributed by atoms with Crippen molar-refractivity contribution >= 4 is 21.5 Å². The molecule has 0 aliphatic rings. The molecule has 0 aliphatic heterocycles. The fraction of sp³-hybridized carbons (Fsp3) is 0.0714. The van der Waals surface area contributed by atoms with Crippen molar-refractivity contribution in [1.29, 1.82) is 0 Å². The number of hydrogen-bond donors (Lipinski definition) is 1. The molecule has 29 heavy (non-hydrogen) atoms. The maximum Gasteiger partial charge on any atom is 0.0767 e. The second kappa shape index (κ2) is 7.20. The van der Waals surface area contributed by atoms with Crippen LogP contribution >= 0.6 is 0 Å². The number of fused-ring (bicyclic) bond motifs is 2. The molecule has 0 radical (unpaired) electrons. The summed E-state index contributed by atoms with van der Waals surface area (Å²) >= 11 is 0. The minimum atomic E-state index is -0.537. The molecule has 0 aliphatic carbocycles. The maximum absolute atomic E-state index is 10.5. The summed E-state index contributed by atoms with van der Waals surface area (Å²) in [7, 11) is 0. The van der Waals surface area contributed by atoms with Gasteiger partial charge in [0.2, 0.25) is 0 Å². The summed E-state index contributed by atoms with van der Waals surface area (Å²) in [6.45, 7) is 1.83. The van der Waals surface area contributed by atoms with Gasteiger partial charge in [-0.3, -0.25) is 0 Å². The van der Waals surface area contributed by atoms with E-state index in [1.165, 1.54) is 27.1 Å². The van der Waals surface area contributed by atoms with Gasteiger partial charge in [-0.15, -0.1) is 0 Å². The van der Waals surface area contributed by atoms with E-state index in [0.717, 1.165) is 22.3 Å². The van der Waals surface area contributed by atoms with Gasteiger partial charge in [0.05, 0.1) is 6.10 Å². The highest BCUT2D eigenvalue weighted by molar-refractivity contribution is 6.00. The lowest BCUT2D eigenvalue weighted by molar-refractivity contribution is 0.200. The molecule has 0 spiro atoms. The summed E-state index contributed by atoms with van der Waals surface area (Å²) in [6, 6.07) is 36.1. The van der Waals surface area contributed by atoms with Crippen LogP contribution in [0.15, 0.2) is 103 Å². The van der Waals surface area contributed by atoms with Gasteiger partial charge in [-0.2, -0.15) is 0 Å². The second-order valence-electron chi connectivity index (χ2n) is 7.53. The average molecular weight is 374 g/mol. The number of benzene rings is 5. The fourth-order valence-electron chi connectivity index (χ4n) is 4.26. The number of aliphatic hydroxyl groups excluding tert-OH is 1. The summed E-state index contributed by atoms with van der Waals surface area (Å²) < 4.78 is 0. The minimum Gasteiger partial charge on any atom is -0.389 e. The Morgan fingerprint density at radius 3 is 1.76 bits per heavy atom. The van der Waals surface area contributed by atoms with Gasteiger partial charge in [0, 0.05) is 0 Å². The van der Waals surface area contributed by atoms with Gasteiger partial charge in [-0.1, -0.05) is 97.1 Å².